The Balaban J connectivity index is 1.67. The number of nitrogens with zero attached hydrogens (tertiary/aromatic N) is 4. The van der Waals surface area contributed by atoms with Crippen molar-refractivity contribution in [2.75, 3.05) is 36.5 Å². The molecule has 0 aliphatic carbocycles. The van der Waals surface area contributed by atoms with Gasteiger partial charge in [0.15, 0.2) is 34.6 Å². The van der Waals surface area contributed by atoms with E-state index >= 15 is 0 Å². The third kappa shape index (κ3) is 4.55. The summed E-state index contributed by atoms with van der Waals surface area (Å²) in [6, 6.07) is 6.23. The fourth-order valence-electron chi connectivity index (χ4n) is 3.40. The fourth-order valence-corrected chi connectivity index (χ4v) is 3.40. The lowest BCUT2D eigenvalue weighted by Crippen LogP contribution is -2.46. The first-order chi connectivity index (χ1) is 17.2. The molecule has 0 bridgehead atoms. The molecule has 13 heteroatoms. The first-order valence-corrected chi connectivity index (χ1v) is 10.6. The molecule has 0 fully saturated rings. The van der Waals surface area contributed by atoms with Crippen LogP contribution in [0, 0.1) is 5.82 Å². The number of carbonyl (C=O) groups is 1. The van der Waals surface area contributed by atoms with E-state index in [0.717, 1.165) is 6.20 Å². The van der Waals surface area contributed by atoms with E-state index in [0.29, 0.717) is 22.9 Å². The molecule has 3 heterocycles. The highest BCUT2D eigenvalue weighted by molar-refractivity contribution is 5.99. The van der Waals surface area contributed by atoms with Gasteiger partial charge in [-0.2, -0.15) is 4.98 Å². The minimum Gasteiger partial charge on any atom is -0.492 e. The van der Waals surface area contributed by atoms with E-state index in [1.54, 1.807) is 32.0 Å². The second-order valence-electron chi connectivity index (χ2n) is 7.99. The number of benzene rings is 1. The number of rotatable bonds is 8. The number of anilines is 5. The lowest BCUT2D eigenvalue weighted by atomic mass is 10.1. The van der Waals surface area contributed by atoms with Gasteiger partial charge in [0.05, 0.1) is 32.2 Å². The lowest BCUT2D eigenvalue weighted by Gasteiger charge is -2.30. The predicted octanol–water partition coefficient (Wildman–Crippen LogP) is 3.05. The van der Waals surface area contributed by atoms with Crippen LogP contribution < -0.4 is 29.7 Å². The molecule has 1 aromatic carbocycles. The summed E-state index contributed by atoms with van der Waals surface area (Å²) >= 11 is 0. The topological polar surface area (TPSA) is 142 Å². The van der Waals surface area contributed by atoms with Crippen LogP contribution in [0.1, 0.15) is 13.8 Å². The van der Waals surface area contributed by atoms with Gasteiger partial charge >= 0.3 is 5.75 Å². The second kappa shape index (κ2) is 9.62. The Morgan fingerprint density at radius 3 is 2.72 bits per heavy atom. The van der Waals surface area contributed by atoms with E-state index in [4.69, 9.17) is 18.6 Å². The number of aliphatic hydroxyl groups excluding tert-OH is 1. The van der Waals surface area contributed by atoms with Crippen molar-refractivity contribution in [2.45, 2.75) is 19.4 Å². The molecule has 3 aromatic rings. The first-order valence-electron chi connectivity index (χ1n) is 10.6. The highest BCUT2D eigenvalue weighted by Gasteiger charge is 2.36. The van der Waals surface area contributed by atoms with Gasteiger partial charge in [-0.1, -0.05) is 0 Å². The first kappa shape index (κ1) is 24.6. The fraction of sp³-hybridized carbons (Fsp3) is 0.261. The summed E-state index contributed by atoms with van der Waals surface area (Å²) < 4.78 is 36.0. The van der Waals surface area contributed by atoms with Crippen LogP contribution in [0.15, 0.2) is 30.5 Å². The van der Waals surface area contributed by atoms with Gasteiger partial charge in [0.1, 0.15) is 12.5 Å². The number of carbonyl (C=O) groups excluding carboxylic acids is 2. The zero-order valence-corrected chi connectivity index (χ0v) is 20.0. The van der Waals surface area contributed by atoms with Gasteiger partial charge in [-0.15, -0.1) is 0 Å². The monoisotopic (exact) mass is 499 g/mol. The number of ether oxygens (including phenoxy) is 3. The van der Waals surface area contributed by atoms with Gasteiger partial charge in [-0.05, 0) is 26.0 Å². The van der Waals surface area contributed by atoms with E-state index in [1.165, 1.54) is 25.2 Å². The summed E-state index contributed by atoms with van der Waals surface area (Å²) in [7, 11) is 2.88. The molecule has 3 N–H and O–H groups in total. The molecule has 188 valence electrons. The van der Waals surface area contributed by atoms with Gasteiger partial charge in [-0.3, -0.25) is 9.69 Å². The predicted molar refractivity (Wildman–Crippen MR) is 128 cm³/mol. The van der Waals surface area contributed by atoms with E-state index in [1.807, 2.05) is 0 Å². The number of aliphatic hydroxyl groups is 1. The van der Waals surface area contributed by atoms with Gasteiger partial charge in [-0.25, -0.2) is 18.8 Å². The number of amides is 1. The van der Waals surface area contributed by atoms with Gasteiger partial charge in [0.25, 0.3) is 18.4 Å². The smallest absolute Gasteiger partial charge is 0.399 e. The standard InChI is InChI=1S/C23H23FN6O6/c1-23(2)21(32)28-20-14(36-23)6-7-17(27-20)26-19-13(24)10-25-22(29-19)30(11-31)12-8-15(33-3)18(35-5)16(9-12)34-4/h6-10,31H,3,11H2,1-2,4-5H3,(H-,25,26,27,28,29,32)/p+1. The van der Waals surface area contributed by atoms with Crippen LogP contribution >= 0.6 is 0 Å². The average Bonchev–Trinajstić information content (AvgIpc) is 2.86. The molecule has 0 atom stereocenters. The van der Waals surface area contributed by atoms with E-state index in [2.05, 4.69) is 32.4 Å². The Morgan fingerprint density at radius 2 is 2.06 bits per heavy atom. The summed E-state index contributed by atoms with van der Waals surface area (Å²) in [5.74, 6) is 0.184. The Labute approximate surface area is 205 Å². The molecule has 1 aliphatic rings. The molecule has 0 saturated heterocycles. The van der Waals surface area contributed by atoms with Crippen LogP contribution in [0.2, 0.25) is 0 Å². The molecule has 0 spiro atoms. The summed E-state index contributed by atoms with van der Waals surface area (Å²) in [5.41, 5.74) is -0.686. The maximum atomic E-state index is 14.6. The Morgan fingerprint density at radius 1 is 1.28 bits per heavy atom. The number of methoxy groups -OCH3 is 2. The molecule has 12 nitrogen and oxygen atoms in total. The average molecular weight is 499 g/mol. The maximum absolute atomic E-state index is 14.6. The van der Waals surface area contributed by atoms with Crippen molar-refractivity contribution >= 4 is 41.8 Å². The minimum absolute atomic E-state index is 0.0417. The molecule has 4 rings (SSSR count). The quantitative estimate of drug-likeness (QED) is 0.313. The van der Waals surface area contributed by atoms with Gasteiger partial charge in [0.2, 0.25) is 5.95 Å². The summed E-state index contributed by atoms with van der Waals surface area (Å²) in [6.45, 7) is 6.11. The Bertz CT molecular complexity index is 1330. The third-order valence-corrected chi connectivity index (χ3v) is 5.26. The highest BCUT2D eigenvalue weighted by atomic mass is 19.1. The molecule has 1 aliphatic heterocycles. The molecule has 0 radical (unpaired) electrons. The number of pyridine rings is 1. The highest BCUT2D eigenvalue weighted by Crippen LogP contribution is 2.42. The molecular weight excluding hydrogens is 475 g/mol. The van der Waals surface area contributed by atoms with Crippen LogP contribution in [-0.4, -0.2) is 59.3 Å². The minimum atomic E-state index is -1.05. The molecule has 0 saturated carbocycles. The van der Waals surface area contributed by atoms with Crippen LogP contribution in [-0.2, 0) is 9.22 Å². The van der Waals surface area contributed by atoms with Crippen molar-refractivity contribution < 1.29 is 32.9 Å². The number of hydrogen-bond acceptors (Lipinski definition) is 10. The van der Waals surface area contributed by atoms with Crippen LogP contribution in [0.5, 0.6) is 23.0 Å². The zero-order chi connectivity index (χ0) is 26.0. The number of hydrogen-bond donors (Lipinski definition) is 3. The van der Waals surface area contributed by atoms with Crippen LogP contribution in [0.25, 0.3) is 0 Å². The zero-order valence-electron chi connectivity index (χ0n) is 20.0. The largest absolute Gasteiger partial charge is 0.492 e. The SMILES string of the molecule is C=[O+]c1cc(N(CO)c2ncc(F)c(Nc3ccc4c(n3)NC(=O)C(C)(C)O4)n2)cc(OC)c1OC. The summed E-state index contributed by atoms with van der Waals surface area (Å²) in [4.78, 5) is 25.9. The second-order valence-corrected chi connectivity index (χ2v) is 7.99. The van der Waals surface area contributed by atoms with E-state index < -0.39 is 18.1 Å². The normalized spacial score (nSPS) is 13.7. The molecular formula is C23H24FN6O6+. The number of fused-ring (bicyclic) bond motifs is 1. The van der Waals surface area contributed by atoms with Crippen LogP contribution in [0.4, 0.5) is 33.5 Å². The molecule has 0 unspecified atom stereocenters. The third-order valence-electron chi connectivity index (χ3n) is 5.26. The number of nitrogens with one attached hydrogen (secondary N) is 2. The Kier molecular flexibility index (Phi) is 6.57. The van der Waals surface area contributed by atoms with Crippen molar-refractivity contribution in [2.24, 2.45) is 0 Å². The molecule has 36 heavy (non-hydrogen) atoms. The number of halogens is 1. The Hall–Kier alpha value is -4.52. The van der Waals surface area contributed by atoms with Crippen molar-refractivity contribution in [3.8, 4) is 23.0 Å². The number of aromatic nitrogens is 3. The molecule has 2 aromatic heterocycles. The van der Waals surface area contributed by atoms with Crippen LogP contribution in [0.3, 0.4) is 0 Å². The molecule has 1 amide bonds. The lowest BCUT2D eigenvalue weighted by molar-refractivity contribution is -0.356. The van der Waals surface area contributed by atoms with Crippen molar-refractivity contribution in [3.63, 3.8) is 0 Å². The van der Waals surface area contributed by atoms with E-state index in [-0.39, 0.29) is 35.1 Å². The van der Waals surface area contributed by atoms with Crippen molar-refractivity contribution in [1.82, 2.24) is 15.0 Å². The summed E-state index contributed by atoms with van der Waals surface area (Å²) in [6.07, 6.45) is 0.943. The van der Waals surface area contributed by atoms with E-state index in [9.17, 15) is 14.3 Å². The summed E-state index contributed by atoms with van der Waals surface area (Å²) in [5, 5.41) is 15.5. The van der Waals surface area contributed by atoms with Gasteiger partial charge in [0, 0.05) is 6.07 Å². The maximum Gasteiger partial charge on any atom is 0.399 e. The van der Waals surface area contributed by atoms with Gasteiger partial charge < -0.3 is 30.0 Å². The van der Waals surface area contributed by atoms with Crippen molar-refractivity contribution in [3.05, 3.63) is 36.3 Å². The van der Waals surface area contributed by atoms with Crippen molar-refractivity contribution in [1.29, 1.82) is 0 Å².